The van der Waals surface area contributed by atoms with E-state index >= 15 is 0 Å². The maximum atomic E-state index is 12.6. The number of hydrogen-bond acceptors (Lipinski definition) is 0. The van der Waals surface area contributed by atoms with Gasteiger partial charge in [-0.25, -0.2) is 30.7 Å². The Kier molecular flexibility index (Phi) is 19.5. The second-order valence-corrected chi connectivity index (χ2v) is 13.8. The molecular weight excluding hydrogens is 892 g/mol. The summed E-state index contributed by atoms with van der Waals surface area (Å²) in [6.07, 6.45) is -4.53. The summed E-state index contributed by atoms with van der Waals surface area (Å²) in [4.78, 5) is 0. The molecule has 0 aromatic heterocycles. The number of alkyl halides is 3. The summed E-state index contributed by atoms with van der Waals surface area (Å²) < 4.78 is 125. The van der Waals surface area contributed by atoms with E-state index in [1.54, 1.807) is 13.8 Å². The molecule has 0 bridgehead atoms. The molecule has 0 nitrogen and oxygen atoms in total. The van der Waals surface area contributed by atoms with E-state index in [1.165, 1.54) is 37.3 Å². The Morgan fingerprint density at radius 2 is 0.811 bits per heavy atom. The minimum absolute atomic E-state index is 0.0126. The molecular formula is C37H28BrCl5F10. The molecule has 0 aliphatic rings. The van der Waals surface area contributed by atoms with Crippen LogP contribution in [-0.4, -0.2) is 0 Å². The van der Waals surface area contributed by atoms with Crippen LogP contribution in [0.1, 0.15) is 38.9 Å². The van der Waals surface area contributed by atoms with E-state index in [0.717, 1.165) is 52.4 Å². The minimum atomic E-state index is -4.53. The zero-order valence-corrected chi connectivity index (χ0v) is 33.7. The van der Waals surface area contributed by atoms with Gasteiger partial charge in [0.1, 0.15) is 40.7 Å². The molecule has 53 heavy (non-hydrogen) atoms. The predicted molar refractivity (Wildman–Crippen MR) is 198 cm³/mol. The number of rotatable bonds is 0. The minimum Gasteiger partial charge on any atom is -0.207 e. The molecule has 0 saturated heterocycles. The Morgan fingerprint density at radius 1 is 0.434 bits per heavy atom. The van der Waals surface area contributed by atoms with Crippen molar-refractivity contribution in [1.29, 1.82) is 0 Å². The molecule has 5 aromatic rings. The predicted octanol–water partition coefficient (Wildman–Crippen LogP) is 16.3. The van der Waals surface area contributed by atoms with E-state index in [0.29, 0.717) is 21.7 Å². The Bertz CT molecular complexity index is 1700. The molecule has 0 aliphatic heterocycles. The Balaban J connectivity index is 0.000000333. The molecule has 288 valence electrons. The molecule has 0 saturated carbocycles. The molecule has 0 N–H and O–H groups in total. The second kappa shape index (κ2) is 21.4. The maximum absolute atomic E-state index is 12.6. The summed E-state index contributed by atoms with van der Waals surface area (Å²) in [5.74, 6) is -3.71. The van der Waals surface area contributed by atoms with Crippen molar-refractivity contribution in [3.05, 3.63) is 170 Å². The van der Waals surface area contributed by atoms with Gasteiger partial charge in [-0.05, 0) is 145 Å². The first-order valence-electron chi connectivity index (χ1n) is 14.5. The highest BCUT2D eigenvalue weighted by molar-refractivity contribution is 9.10. The fourth-order valence-corrected chi connectivity index (χ4v) is 5.35. The van der Waals surface area contributed by atoms with E-state index < -0.39 is 45.8 Å². The van der Waals surface area contributed by atoms with Gasteiger partial charge in [0, 0.05) is 15.6 Å². The first kappa shape index (κ1) is 48.3. The molecule has 0 heterocycles. The van der Waals surface area contributed by atoms with E-state index in [9.17, 15) is 43.9 Å². The van der Waals surface area contributed by atoms with Crippen LogP contribution >= 0.6 is 73.9 Å². The molecule has 0 spiro atoms. The molecule has 0 fully saturated rings. The van der Waals surface area contributed by atoms with Crippen LogP contribution in [0.2, 0.25) is 25.1 Å². The summed E-state index contributed by atoms with van der Waals surface area (Å²) in [6, 6.07) is 10.9. The van der Waals surface area contributed by atoms with Gasteiger partial charge in [-0.2, -0.15) is 13.2 Å². The van der Waals surface area contributed by atoms with Crippen molar-refractivity contribution in [2.24, 2.45) is 0 Å². The Morgan fingerprint density at radius 3 is 1.23 bits per heavy atom. The smallest absolute Gasteiger partial charge is 0.207 e. The summed E-state index contributed by atoms with van der Waals surface area (Å²) in [7, 11) is 0. The number of hydrogen-bond donors (Lipinski definition) is 0. The molecule has 0 aliphatic carbocycles. The third-order valence-electron chi connectivity index (χ3n) is 6.63. The molecule has 0 radical (unpaired) electrons. The van der Waals surface area contributed by atoms with Gasteiger partial charge in [0.2, 0.25) is 0 Å². The third-order valence-corrected chi connectivity index (χ3v) is 9.65. The third kappa shape index (κ3) is 15.9. The van der Waals surface area contributed by atoms with Gasteiger partial charge in [-0.3, -0.25) is 0 Å². The number of halogens is 16. The highest BCUT2D eigenvalue weighted by Gasteiger charge is 2.35. The van der Waals surface area contributed by atoms with Gasteiger partial charge in [0.15, 0.2) is 0 Å². The quantitative estimate of drug-likeness (QED) is 0.107. The van der Waals surface area contributed by atoms with Crippen LogP contribution in [0.5, 0.6) is 0 Å². The van der Waals surface area contributed by atoms with Crippen molar-refractivity contribution < 1.29 is 43.9 Å². The van der Waals surface area contributed by atoms with E-state index in [4.69, 9.17) is 58.0 Å². The molecule has 5 rings (SSSR count). The van der Waals surface area contributed by atoms with Crippen LogP contribution in [0.4, 0.5) is 43.9 Å². The second-order valence-electron chi connectivity index (χ2n) is 11.0. The zero-order chi connectivity index (χ0) is 41.1. The van der Waals surface area contributed by atoms with Crippen molar-refractivity contribution in [3.63, 3.8) is 0 Å². The molecule has 0 amide bonds. The van der Waals surface area contributed by atoms with Crippen LogP contribution in [0, 0.1) is 82.3 Å². The SMILES string of the molecule is Cc1cc(F)cc(Cl)c1Br.Cc1cc(F)cc(Cl)c1C.Cc1cc(F)cc(Cl)c1C(F)(F)F.Cc1cc(F)cc(Cl)c1F.Cc1cc(F)cc(F)c1Cl. The van der Waals surface area contributed by atoms with Gasteiger partial charge in [0.05, 0.1) is 25.7 Å². The average Bonchev–Trinajstić information content (AvgIpc) is 3.00. The zero-order valence-electron chi connectivity index (χ0n) is 28.3. The first-order chi connectivity index (χ1) is 24.3. The van der Waals surface area contributed by atoms with Crippen molar-refractivity contribution in [2.75, 3.05) is 0 Å². The van der Waals surface area contributed by atoms with Crippen molar-refractivity contribution in [1.82, 2.24) is 0 Å². The van der Waals surface area contributed by atoms with Crippen LogP contribution in [0.25, 0.3) is 0 Å². The van der Waals surface area contributed by atoms with Crippen molar-refractivity contribution in [3.8, 4) is 0 Å². The fourth-order valence-electron chi connectivity index (χ4n) is 3.89. The molecule has 16 heteroatoms. The summed E-state index contributed by atoms with van der Waals surface area (Å²) >= 11 is 30.5. The Hall–Kier alpha value is -2.67. The monoisotopic (exact) mass is 916 g/mol. The first-order valence-corrected chi connectivity index (χ1v) is 17.2. The lowest BCUT2D eigenvalue weighted by Crippen LogP contribution is -2.08. The lowest BCUT2D eigenvalue weighted by Gasteiger charge is -2.11. The average molecular weight is 920 g/mol. The number of benzene rings is 5. The summed E-state index contributed by atoms with van der Waals surface area (Å²) in [6.45, 7) is 9.68. The van der Waals surface area contributed by atoms with Gasteiger partial charge in [0.25, 0.3) is 0 Å². The van der Waals surface area contributed by atoms with Crippen molar-refractivity contribution >= 4 is 73.9 Å². The van der Waals surface area contributed by atoms with Crippen LogP contribution in [0.3, 0.4) is 0 Å². The van der Waals surface area contributed by atoms with Crippen LogP contribution < -0.4 is 0 Å². The lowest BCUT2D eigenvalue weighted by atomic mass is 10.1. The molecule has 5 aromatic carbocycles. The lowest BCUT2D eigenvalue weighted by molar-refractivity contribution is -0.138. The largest absolute Gasteiger partial charge is 0.418 e. The normalized spacial score (nSPS) is 10.5. The Labute approximate surface area is 333 Å². The highest BCUT2D eigenvalue weighted by atomic mass is 79.9. The molecule has 0 atom stereocenters. The highest BCUT2D eigenvalue weighted by Crippen LogP contribution is 2.37. The number of aryl methyl sites for hydroxylation is 5. The summed E-state index contributed by atoms with van der Waals surface area (Å²) in [5, 5.41) is 0.124. The fraction of sp³-hybridized carbons (Fsp3) is 0.189. The summed E-state index contributed by atoms with van der Waals surface area (Å²) in [5.41, 5.74) is 2.11. The molecule has 0 unspecified atom stereocenters. The van der Waals surface area contributed by atoms with Gasteiger partial charge in [-0.15, -0.1) is 0 Å². The van der Waals surface area contributed by atoms with Gasteiger partial charge < -0.3 is 0 Å². The van der Waals surface area contributed by atoms with E-state index in [2.05, 4.69) is 15.9 Å². The van der Waals surface area contributed by atoms with Gasteiger partial charge >= 0.3 is 6.18 Å². The van der Waals surface area contributed by atoms with E-state index in [-0.39, 0.29) is 32.8 Å². The maximum Gasteiger partial charge on any atom is 0.418 e. The van der Waals surface area contributed by atoms with Gasteiger partial charge in [-0.1, -0.05) is 58.0 Å². The topological polar surface area (TPSA) is 0 Å². The standard InChI is InChI=1S/C8H5ClF4.C8H8ClF.C7H5BrClF.2C7H5ClF2/c1-4-2-5(10)3-6(9)7(4)8(11,12)13;1-5-3-7(10)4-8(9)6(5)2;1-4-2-5(10)3-6(9)7(4)8;1-4-2-5(9)3-6(10)7(4)8;1-4-2-5(9)3-6(8)7(4)10/h2-3H,1H3;3-4H,1-2H3;3*2-3H,1H3. The van der Waals surface area contributed by atoms with Crippen LogP contribution in [-0.2, 0) is 6.18 Å². The van der Waals surface area contributed by atoms with E-state index in [1.807, 2.05) is 13.8 Å². The van der Waals surface area contributed by atoms with Crippen LogP contribution in [0.15, 0.2) is 65.1 Å². The van der Waals surface area contributed by atoms with Crippen molar-refractivity contribution in [2.45, 2.75) is 47.7 Å².